The lowest BCUT2D eigenvalue weighted by molar-refractivity contribution is -0.429. The number of nitrogens with one attached hydrogen (secondary N) is 1. The second kappa shape index (κ2) is 4.26. The molecule has 4 rings (SSSR count). The van der Waals surface area contributed by atoms with Gasteiger partial charge in [-0.15, -0.1) is 0 Å². The summed E-state index contributed by atoms with van der Waals surface area (Å²) in [6.45, 7) is 0. The first-order valence-corrected chi connectivity index (χ1v) is 6.80. The SMILES string of the molecule is O=C1C=C2C(C(=O)N1)C([N+](=O)[O-])=CN2c1cnn(C2CC2)c1. The van der Waals surface area contributed by atoms with Crippen molar-refractivity contribution in [2.75, 3.05) is 4.90 Å². The number of hydrogen-bond donors (Lipinski definition) is 1. The number of rotatable bonds is 3. The molecule has 3 aliphatic rings. The molecule has 1 atom stereocenters. The fourth-order valence-corrected chi connectivity index (χ4v) is 2.72. The molecule has 2 amide bonds. The van der Waals surface area contributed by atoms with Crippen molar-refractivity contribution in [1.82, 2.24) is 15.1 Å². The molecule has 1 fully saturated rings. The fraction of sp³-hybridized carbons (Fsp3) is 0.308. The van der Waals surface area contributed by atoms with Gasteiger partial charge in [-0.1, -0.05) is 0 Å². The predicted octanol–water partition coefficient (Wildman–Crippen LogP) is 0.313. The van der Waals surface area contributed by atoms with Crippen LogP contribution in [0.3, 0.4) is 0 Å². The van der Waals surface area contributed by atoms with Crippen molar-refractivity contribution < 1.29 is 14.5 Å². The molecule has 1 unspecified atom stereocenters. The highest BCUT2D eigenvalue weighted by molar-refractivity contribution is 6.08. The van der Waals surface area contributed by atoms with E-state index in [0.29, 0.717) is 11.7 Å². The molecule has 9 heteroatoms. The molecule has 2 aliphatic heterocycles. The number of fused-ring (bicyclic) bond motifs is 1. The highest BCUT2D eigenvalue weighted by Gasteiger charge is 2.47. The molecule has 112 valence electrons. The number of aromatic nitrogens is 2. The molecular weight excluding hydrogens is 290 g/mol. The third-order valence-corrected chi connectivity index (χ3v) is 3.92. The van der Waals surface area contributed by atoms with Crippen molar-refractivity contribution in [3.63, 3.8) is 0 Å². The summed E-state index contributed by atoms with van der Waals surface area (Å²) in [4.78, 5) is 35.6. The normalized spacial score (nSPS) is 23.8. The largest absolute Gasteiger partial charge is 0.310 e. The van der Waals surface area contributed by atoms with Gasteiger partial charge in [0.05, 0.1) is 34.7 Å². The van der Waals surface area contributed by atoms with Crippen LogP contribution in [0.15, 0.2) is 36.1 Å². The minimum atomic E-state index is -1.07. The Hall–Kier alpha value is -2.97. The predicted molar refractivity (Wildman–Crippen MR) is 72.8 cm³/mol. The summed E-state index contributed by atoms with van der Waals surface area (Å²) in [7, 11) is 0. The van der Waals surface area contributed by atoms with Crippen molar-refractivity contribution in [2.45, 2.75) is 18.9 Å². The molecule has 0 aromatic carbocycles. The molecule has 3 heterocycles. The molecule has 0 radical (unpaired) electrons. The molecule has 0 spiro atoms. The number of carbonyl (C=O) groups excluding carboxylic acids is 2. The lowest BCUT2D eigenvalue weighted by atomic mass is 10.00. The maximum Gasteiger partial charge on any atom is 0.281 e. The van der Waals surface area contributed by atoms with Crippen molar-refractivity contribution in [1.29, 1.82) is 0 Å². The zero-order chi connectivity index (χ0) is 15.4. The number of nitrogens with zero attached hydrogens (tertiary/aromatic N) is 4. The zero-order valence-electron chi connectivity index (χ0n) is 11.3. The van der Waals surface area contributed by atoms with Gasteiger partial charge in [-0.25, -0.2) is 0 Å². The molecular formula is C13H11N5O4. The van der Waals surface area contributed by atoms with Crippen molar-refractivity contribution in [3.8, 4) is 0 Å². The summed E-state index contributed by atoms with van der Waals surface area (Å²) in [5.74, 6) is -2.33. The number of hydrogen-bond acceptors (Lipinski definition) is 6. The van der Waals surface area contributed by atoms with Gasteiger partial charge in [0, 0.05) is 12.3 Å². The van der Waals surface area contributed by atoms with Gasteiger partial charge in [0.25, 0.3) is 11.6 Å². The van der Waals surface area contributed by atoms with Crippen LogP contribution in [-0.2, 0) is 9.59 Å². The van der Waals surface area contributed by atoms with E-state index in [0.717, 1.165) is 12.8 Å². The topological polar surface area (TPSA) is 110 Å². The monoisotopic (exact) mass is 301 g/mol. The van der Waals surface area contributed by atoms with Crippen LogP contribution in [0.1, 0.15) is 18.9 Å². The quantitative estimate of drug-likeness (QED) is 0.489. The van der Waals surface area contributed by atoms with Crippen LogP contribution in [0.4, 0.5) is 5.69 Å². The van der Waals surface area contributed by atoms with E-state index in [2.05, 4.69) is 10.4 Å². The minimum absolute atomic E-state index is 0.254. The zero-order valence-corrected chi connectivity index (χ0v) is 11.3. The van der Waals surface area contributed by atoms with Crippen molar-refractivity contribution >= 4 is 17.5 Å². The van der Waals surface area contributed by atoms with Crippen molar-refractivity contribution in [3.05, 3.63) is 46.2 Å². The van der Waals surface area contributed by atoms with Crippen LogP contribution in [0.5, 0.6) is 0 Å². The Morgan fingerprint density at radius 1 is 1.36 bits per heavy atom. The molecule has 1 aliphatic carbocycles. The van der Waals surface area contributed by atoms with E-state index in [1.54, 1.807) is 17.1 Å². The maximum absolute atomic E-state index is 11.9. The second-order valence-electron chi connectivity index (χ2n) is 5.45. The van der Waals surface area contributed by atoms with Crippen LogP contribution in [0, 0.1) is 16.0 Å². The number of carbonyl (C=O) groups is 2. The lowest BCUT2D eigenvalue weighted by Gasteiger charge is -2.21. The summed E-state index contributed by atoms with van der Waals surface area (Å²) in [6, 6.07) is 0.372. The van der Waals surface area contributed by atoms with Gasteiger partial charge in [-0.2, -0.15) is 5.10 Å². The summed E-state index contributed by atoms with van der Waals surface area (Å²) >= 11 is 0. The van der Waals surface area contributed by atoms with Gasteiger partial charge in [0.15, 0.2) is 5.92 Å². The van der Waals surface area contributed by atoms with E-state index in [1.165, 1.54) is 17.2 Å². The minimum Gasteiger partial charge on any atom is -0.310 e. The molecule has 1 aromatic heterocycles. The molecule has 9 nitrogen and oxygen atoms in total. The third kappa shape index (κ3) is 1.82. The van der Waals surface area contributed by atoms with E-state index in [1.807, 2.05) is 0 Å². The van der Waals surface area contributed by atoms with Crippen LogP contribution in [0.2, 0.25) is 0 Å². The van der Waals surface area contributed by atoms with Gasteiger partial charge in [-0.3, -0.25) is 29.7 Å². The third-order valence-electron chi connectivity index (χ3n) is 3.92. The molecule has 1 aromatic rings. The average molecular weight is 301 g/mol. The number of nitro groups is 1. The van der Waals surface area contributed by atoms with Gasteiger partial charge in [0.2, 0.25) is 5.91 Å². The number of anilines is 1. The highest BCUT2D eigenvalue weighted by Crippen LogP contribution is 2.39. The Balaban J connectivity index is 1.78. The first-order chi connectivity index (χ1) is 10.5. The second-order valence-corrected chi connectivity index (χ2v) is 5.45. The summed E-state index contributed by atoms with van der Waals surface area (Å²) in [6.07, 6.45) is 7.96. The number of imide groups is 1. The molecule has 0 saturated heterocycles. The van der Waals surface area contributed by atoms with E-state index in [-0.39, 0.29) is 11.4 Å². The van der Waals surface area contributed by atoms with Gasteiger partial charge >= 0.3 is 0 Å². The molecule has 1 N–H and O–H groups in total. The first kappa shape index (κ1) is 12.7. The van der Waals surface area contributed by atoms with E-state index >= 15 is 0 Å². The summed E-state index contributed by atoms with van der Waals surface area (Å²) < 4.78 is 1.80. The highest BCUT2D eigenvalue weighted by atomic mass is 16.6. The van der Waals surface area contributed by atoms with E-state index in [4.69, 9.17) is 0 Å². The van der Waals surface area contributed by atoms with Crippen molar-refractivity contribution in [2.24, 2.45) is 5.92 Å². The Labute approximate surface area is 124 Å². The Morgan fingerprint density at radius 3 is 2.82 bits per heavy atom. The van der Waals surface area contributed by atoms with E-state index < -0.39 is 22.7 Å². The van der Waals surface area contributed by atoms with Crippen LogP contribution >= 0.6 is 0 Å². The average Bonchev–Trinajstić information content (AvgIpc) is 3.06. The Bertz CT molecular complexity index is 773. The standard InChI is InChI=1S/C13H11N5O4/c19-11-3-9-12(13(20)15-11)10(18(21)22)6-16(9)8-4-14-17(5-8)7-1-2-7/h3-7,12H,1-2H2,(H,15,19,20). The fourth-order valence-electron chi connectivity index (χ4n) is 2.72. The van der Waals surface area contributed by atoms with E-state index in [9.17, 15) is 19.7 Å². The first-order valence-electron chi connectivity index (χ1n) is 6.80. The van der Waals surface area contributed by atoms with Crippen LogP contribution in [0.25, 0.3) is 0 Å². The Morgan fingerprint density at radius 2 is 2.14 bits per heavy atom. The van der Waals surface area contributed by atoms with Gasteiger partial charge in [0.1, 0.15) is 0 Å². The lowest BCUT2D eigenvalue weighted by Crippen LogP contribution is -2.42. The smallest absolute Gasteiger partial charge is 0.281 e. The summed E-state index contributed by atoms with van der Waals surface area (Å²) in [5, 5.41) is 17.5. The molecule has 22 heavy (non-hydrogen) atoms. The molecule has 0 bridgehead atoms. The summed E-state index contributed by atoms with van der Waals surface area (Å²) in [5.41, 5.74) is 0.633. The van der Waals surface area contributed by atoms with Gasteiger partial charge < -0.3 is 4.90 Å². The Kier molecular flexibility index (Phi) is 2.47. The van der Waals surface area contributed by atoms with Gasteiger partial charge in [-0.05, 0) is 12.8 Å². The van der Waals surface area contributed by atoms with Crippen LogP contribution < -0.4 is 10.2 Å². The molecule has 1 saturated carbocycles. The number of amides is 2. The maximum atomic E-state index is 11.9. The van der Waals surface area contributed by atoms with Crippen LogP contribution in [-0.4, -0.2) is 26.5 Å².